The molecule has 0 bridgehead atoms. The monoisotopic (exact) mass is 271 g/mol. The van der Waals surface area contributed by atoms with Crippen LogP contribution in [0.3, 0.4) is 0 Å². The van der Waals surface area contributed by atoms with Crippen LogP contribution in [0, 0.1) is 0 Å². The summed E-state index contributed by atoms with van der Waals surface area (Å²) >= 11 is 0. The van der Waals surface area contributed by atoms with Gasteiger partial charge in [0.25, 0.3) is 0 Å². The number of imidazole rings is 1. The Labute approximate surface area is 121 Å². The summed E-state index contributed by atoms with van der Waals surface area (Å²) in [5.41, 5.74) is 8.35. The molecule has 4 aromatic rings. The number of benzene rings is 1. The van der Waals surface area contributed by atoms with Crippen molar-refractivity contribution in [1.29, 1.82) is 0 Å². The lowest BCUT2D eigenvalue weighted by molar-refractivity contribution is 0.904. The molecule has 1 aromatic carbocycles. The summed E-state index contributed by atoms with van der Waals surface area (Å²) in [6.07, 6.45) is 5.93. The van der Waals surface area contributed by atoms with Gasteiger partial charge in [-0.3, -0.25) is 9.38 Å². The molecule has 0 saturated heterocycles. The molecule has 3 heteroatoms. The van der Waals surface area contributed by atoms with Crippen molar-refractivity contribution in [3.05, 3.63) is 66.1 Å². The molecule has 0 spiro atoms. The van der Waals surface area contributed by atoms with E-state index in [1.807, 2.05) is 18.5 Å². The van der Waals surface area contributed by atoms with Crippen molar-refractivity contribution in [1.82, 2.24) is 14.4 Å². The highest BCUT2D eigenvalue weighted by Crippen LogP contribution is 2.34. The van der Waals surface area contributed by atoms with Gasteiger partial charge < -0.3 is 0 Å². The molecule has 0 atom stereocenters. The summed E-state index contributed by atoms with van der Waals surface area (Å²) in [7, 11) is 0. The van der Waals surface area contributed by atoms with Gasteiger partial charge in [0.05, 0.1) is 11.0 Å². The molecule has 3 aromatic heterocycles. The highest BCUT2D eigenvalue weighted by atomic mass is 15.0. The highest BCUT2D eigenvalue weighted by Gasteiger charge is 2.18. The molecule has 0 aliphatic heterocycles. The number of pyridine rings is 2. The topological polar surface area (TPSA) is 30.2 Å². The fourth-order valence-corrected chi connectivity index (χ4v) is 3.35. The van der Waals surface area contributed by atoms with E-state index in [0.29, 0.717) is 0 Å². The van der Waals surface area contributed by atoms with Gasteiger partial charge in [-0.15, -0.1) is 0 Å². The first kappa shape index (κ1) is 11.0. The van der Waals surface area contributed by atoms with Crippen LogP contribution in [0.2, 0.25) is 0 Å². The Bertz CT molecular complexity index is 998. The maximum absolute atomic E-state index is 4.90. The van der Waals surface area contributed by atoms with Crippen LogP contribution in [0.5, 0.6) is 0 Å². The molecule has 21 heavy (non-hydrogen) atoms. The quantitative estimate of drug-likeness (QED) is 0.488. The van der Waals surface area contributed by atoms with Crippen LogP contribution < -0.4 is 0 Å². The third-order valence-electron chi connectivity index (χ3n) is 4.37. The largest absolute Gasteiger partial charge is 0.298 e. The Morgan fingerprint density at radius 3 is 2.90 bits per heavy atom. The molecule has 3 heterocycles. The second-order valence-corrected chi connectivity index (χ2v) is 5.53. The number of hydrogen-bond acceptors (Lipinski definition) is 2. The molecule has 0 unspecified atom stereocenters. The van der Waals surface area contributed by atoms with Crippen LogP contribution in [0.1, 0.15) is 11.3 Å². The SMILES string of the molecule is c1ccc2c(c1)CCc1nc3ccc4nccn4c3cc1-2. The number of rotatable bonds is 0. The predicted molar refractivity (Wildman–Crippen MR) is 83.3 cm³/mol. The van der Waals surface area contributed by atoms with Gasteiger partial charge in [0, 0.05) is 23.7 Å². The van der Waals surface area contributed by atoms with Gasteiger partial charge in [0.2, 0.25) is 0 Å². The van der Waals surface area contributed by atoms with Gasteiger partial charge >= 0.3 is 0 Å². The maximum atomic E-state index is 4.90. The minimum atomic E-state index is 0.966. The standard InChI is InChI=1S/C18H13N3/c1-2-4-13-12(3-1)5-6-15-14(13)11-17-16(20-15)7-8-18-19-9-10-21(17)18/h1-4,7-11H,5-6H2. The third kappa shape index (κ3) is 1.49. The Kier molecular flexibility index (Phi) is 2.06. The van der Waals surface area contributed by atoms with Crippen molar-refractivity contribution >= 4 is 16.7 Å². The smallest absolute Gasteiger partial charge is 0.137 e. The van der Waals surface area contributed by atoms with Gasteiger partial charge in [-0.25, -0.2) is 4.98 Å². The van der Waals surface area contributed by atoms with Crippen molar-refractivity contribution in [3.8, 4) is 11.1 Å². The van der Waals surface area contributed by atoms with Crippen molar-refractivity contribution < 1.29 is 0 Å². The van der Waals surface area contributed by atoms with Crippen LogP contribution in [0.15, 0.2) is 54.9 Å². The summed E-state index contributed by atoms with van der Waals surface area (Å²) < 4.78 is 2.11. The van der Waals surface area contributed by atoms with Crippen molar-refractivity contribution in [2.45, 2.75) is 12.8 Å². The second kappa shape index (κ2) is 3.92. The lowest BCUT2D eigenvalue weighted by Crippen LogP contribution is -2.07. The summed E-state index contributed by atoms with van der Waals surface area (Å²) in [6.45, 7) is 0. The molecule has 1 aliphatic carbocycles. The minimum absolute atomic E-state index is 0.966. The van der Waals surface area contributed by atoms with E-state index in [1.54, 1.807) is 0 Å². The van der Waals surface area contributed by atoms with Crippen LogP contribution in [-0.4, -0.2) is 14.4 Å². The van der Waals surface area contributed by atoms with Crippen LogP contribution in [0.4, 0.5) is 0 Å². The number of hydrogen-bond donors (Lipinski definition) is 0. The van der Waals surface area contributed by atoms with Gasteiger partial charge in [-0.05, 0) is 42.2 Å². The zero-order valence-corrected chi connectivity index (χ0v) is 11.5. The van der Waals surface area contributed by atoms with E-state index >= 15 is 0 Å². The Balaban J connectivity index is 1.91. The van der Waals surface area contributed by atoms with E-state index in [2.05, 4.69) is 45.8 Å². The van der Waals surface area contributed by atoms with E-state index in [0.717, 1.165) is 29.5 Å². The molecule has 100 valence electrons. The Hall–Kier alpha value is -2.68. The summed E-state index contributed by atoms with van der Waals surface area (Å²) in [4.78, 5) is 9.26. The van der Waals surface area contributed by atoms with Gasteiger partial charge in [0.1, 0.15) is 5.65 Å². The molecule has 1 aliphatic rings. The van der Waals surface area contributed by atoms with Crippen molar-refractivity contribution in [2.75, 3.05) is 0 Å². The highest BCUT2D eigenvalue weighted by molar-refractivity contribution is 5.85. The van der Waals surface area contributed by atoms with E-state index in [4.69, 9.17) is 4.98 Å². The minimum Gasteiger partial charge on any atom is -0.298 e. The zero-order chi connectivity index (χ0) is 13.8. The van der Waals surface area contributed by atoms with Gasteiger partial charge in [-0.2, -0.15) is 0 Å². The summed E-state index contributed by atoms with van der Waals surface area (Å²) in [5, 5.41) is 0. The molecule has 0 fully saturated rings. The number of fused-ring (bicyclic) bond motifs is 6. The first-order valence-corrected chi connectivity index (χ1v) is 7.24. The third-order valence-corrected chi connectivity index (χ3v) is 4.37. The van der Waals surface area contributed by atoms with E-state index in [1.165, 1.54) is 22.4 Å². The van der Waals surface area contributed by atoms with E-state index in [9.17, 15) is 0 Å². The lowest BCUT2D eigenvalue weighted by atomic mass is 9.88. The van der Waals surface area contributed by atoms with E-state index < -0.39 is 0 Å². The Morgan fingerprint density at radius 2 is 1.90 bits per heavy atom. The van der Waals surface area contributed by atoms with Crippen molar-refractivity contribution in [2.24, 2.45) is 0 Å². The Morgan fingerprint density at radius 1 is 0.952 bits per heavy atom. The molecule has 0 amide bonds. The normalized spacial score (nSPS) is 13.3. The maximum Gasteiger partial charge on any atom is 0.137 e. The predicted octanol–water partition coefficient (Wildman–Crippen LogP) is 3.65. The fourth-order valence-electron chi connectivity index (χ4n) is 3.35. The van der Waals surface area contributed by atoms with Gasteiger partial charge in [-0.1, -0.05) is 24.3 Å². The average Bonchev–Trinajstić information content (AvgIpc) is 3.02. The molecule has 3 nitrogen and oxygen atoms in total. The number of nitrogens with zero attached hydrogens (tertiary/aromatic N) is 3. The van der Waals surface area contributed by atoms with Crippen LogP contribution in [0.25, 0.3) is 27.8 Å². The van der Waals surface area contributed by atoms with E-state index in [-0.39, 0.29) is 0 Å². The van der Waals surface area contributed by atoms with Crippen LogP contribution in [-0.2, 0) is 12.8 Å². The summed E-state index contributed by atoms with van der Waals surface area (Å²) in [6, 6.07) is 15.0. The second-order valence-electron chi connectivity index (χ2n) is 5.53. The van der Waals surface area contributed by atoms with Gasteiger partial charge in [0.15, 0.2) is 0 Å². The summed E-state index contributed by atoms with van der Waals surface area (Å²) in [5.74, 6) is 0. The number of aryl methyl sites for hydroxylation is 2. The van der Waals surface area contributed by atoms with Crippen LogP contribution >= 0.6 is 0 Å². The lowest BCUT2D eigenvalue weighted by Gasteiger charge is -2.19. The zero-order valence-electron chi connectivity index (χ0n) is 11.5. The first-order valence-electron chi connectivity index (χ1n) is 7.24. The number of aromatic nitrogens is 3. The molecule has 0 radical (unpaired) electrons. The molecule has 0 N–H and O–H groups in total. The molecule has 5 rings (SSSR count). The molecular formula is C18H13N3. The van der Waals surface area contributed by atoms with Crippen molar-refractivity contribution in [3.63, 3.8) is 0 Å². The molecular weight excluding hydrogens is 258 g/mol. The first-order chi connectivity index (χ1) is 10.4. The average molecular weight is 271 g/mol. The fraction of sp³-hybridized carbons (Fsp3) is 0.111. The molecule has 0 saturated carbocycles.